The summed E-state index contributed by atoms with van der Waals surface area (Å²) in [7, 11) is 0. The molecule has 2 aromatic rings. The molecule has 4 nitrogen and oxygen atoms in total. The SMILES string of the molecule is Cc1ccc2c(c1)c(I)cn2[C@H]1C[C@@H](O)[C@@H](CO)O1. The topological polar surface area (TPSA) is 54.6 Å². The number of hydrogen-bond acceptors (Lipinski definition) is 3. The number of halogens is 1. The van der Waals surface area contributed by atoms with Crippen molar-refractivity contribution >= 4 is 33.5 Å². The molecule has 3 rings (SSSR count). The van der Waals surface area contributed by atoms with E-state index in [9.17, 15) is 5.11 Å². The molecular weight excluding hydrogens is 357 g/mol. The second-order valence-corrected chi connectivity index (χ2v) is 6.18. The first-order valence-electron chi connectivity index (χ1n) is 6.31. The minimum Gasteiger partial charge on any atom is -0.394 e. The molecule has 0 amide bonds. The lowest BCUT2D eigenvalue weighted by molar-refractivity contribution is -0.0429. The second-order valence-electron chi connectivity index (χ2n) is 5.02. The number of fused-ring (bicyclic) bond motifs is 1. The van der Waals surface area contributed by atoms with Crippen LogP contribution >= 0.6 is 22.6 Å². The summed E-state index contributed by atoms with van der Waals surface area (Å²) in [6.45, 7) is 1.93. The minimum atomic E-state index is -0.601. The van der Waals surface area contributed by atoms with E-state index in [1.165, 1.54) is 14.5 Å². The number of aliphatic hydroxyl groups is 2. The fourth-order valence-electron chi connectivity index (χ4n) is 2.62. The molecule has 1 saturated heterocycles. The van der Waals surface area contributed by atoms with Gasteiger partial charge >= 0.3 is 0 Å². The number of ether oxygens (including phenoxy) is 1. The predicted molar refractivity (Wildman–Crippen MR) is 81.0 cm³/mol. The number of aromatic nitrogens is 1. The number of benzene rings is 1. The Balaban J connectivity index is 2.02. The van der Waals surface area contributed by atoms with Gasteiger partial charge in [0.05, 0.1) is 18.2 Å². The van der Waals surface area contributed by atoms with Gasteiger partial charge in [-0.15, -0.1) is 0 Å². The molecule has 19 heavy (non-hydrogen) atoms. The van der Waals surface area contributed by atoms with Gasteiger partial charge in [0.15, 0.2) is 0 Å². The fourth-order valence-corrected chi connectivity index (χ4v) is 3.35. The van der Waals surface area contributed by atoms with Crippen molar-refractivity contribution in [2.45, 2.75) is 31.8 Å². The molecule has 5 heteroatoms. The molecule has 1 aliphatic heterocycles. The van der Waals surface area contributed by atoms with E-state index in [1.807, 2.05) is 6.20 Å². The van der Waals surface area contributed by atoms with Crippen LogP contribution in [0.3, 0.4) is 0 Å². The Labute approximate surface area is 125 Å². The normalized spacial score (nSPS) is 27.3. The van der Waals surface area contributed by atoms with Crippen molar-refractivity contribution < 1.29 is 14.9 Å². The zero-order chi connectivity index (χ0) is 13.6. The van der Waals surface area contributed by atoms with Crippen LogP contribution in [-0.4, -0.2) is 33.6 Å². The first kappa shape index (κ1) is 13.4. The van der Waals surface area contributed by atoms with Crippen LogP contribution in [0.15, 0.2) is 24.4 Å². The molecule has 0 aliphatic carbocycles. The summed E-state index contributed by atoms with van der Waals surface area (Å²) in [5.74, 6) is 0. The van der Waals surface area contributed by atoms with Crippen LogP contribution in [0.4, 0.5) is 0 Å². The van der Waals surface area contributed by atoms with Gasteiger partial charge in [0.1, 0.15) is 12.3 Å². The van der Waals surface area contributed by atoms with Crippen LogP contribution < -0.4 is 0 Å². The number of hydrogen-bond donors (Lipinski definition) is 2. The maximum absolute atomic E-state index is 9.84. The number of aliphatic hydroxyl groups excluding tert-OH is 2. The van der Waals surface area contributed by atoms with E-state index >= 15 is 0 Å². The molecule has 2 N–H and O–H groups in total. The molecule has 1 fully saturated rings. The average molecular weight is 373 g/mol. The average Bonchev–Trinajstić information content (AvgIpc) is 2.91. The van der Waals surface area contributed by atoms with Gasteiger partial charge in [-0.05, 0) is 41.6 Å². The van der Waals surface area contributed by atoms with Crippen molar-refractivity contribution in [2.75, 3.05) is 6.61 Å². The second kappa shape index (κ2) is 5.05. The lowest BCUT2D eigenvalue weighted by Crippen LogP contribution is -2.24. The van der Waals surface area contributed by atoms with E-state index in [-0.39, 0.29) is 12.8 Å². The van der Waals surface area contributed by atoms with Gasteiger partial charge in [-0.25, -0.2) is 0 Å². The Morgan fingerprint density at radius 3 is 2.95 bits per heavy atom. The van der Waals surface area contributed by atoms with E-state index in [1.54, 1.807) is 0 Å². The largest absolute Gasteiger partial charge is 0.394 e. The summed E-state index contributed by atoms with van der Waals surface area (Å²) < 4.78 is 8.94. The summed E-state index contributed by atoms with van der Waals surface area (Å²) in [4.78, 5) is 0. The van der Waals surface area contributed by atoms with E-state index in [0.717, 1.165) is 5.52 Å². The molecule has 3 atom stereocenters. The molecule has 0 saturated carbocycles. The van der Waals surface area contributed by atoms with Crippen LogP contribution in [0.5, 0.6) is 0 Å². The zero-order valence-electron chi connectivity index (χ0n) is 10.6. The highest BCUT2D eigenvalue weighted by molar-refractivity contribution is 14.1. The summed E-state index contributed by atoms with van der Waals surface area (Å²) in [5.41, 5.74) is 2.33. The van der Waals surface area contributed by atoms with Crippen LogP contribution in [0, 0.1) is 10.5 Å². The molecule has 0 radical (unpaired) electrons. The molecule has 1 aromatic carbocycles. The number of aryl methyl sites for hydroxylation is 1. The standard InChI is InChI=1S/C14H16INO3/c1-8-2-3-11-9(4-8)10(15)6-16(11)14-5-12(18)13(7-17)19-14/h2-4,6,12-14,17-18H,5,7H2,1H3/t12-,13-,14-/m1/s1. The monoisotopic (exact) mass is 373 g/mol. The van der Waals surface area contributed by atoms with Crippen LogP contribution in [0.2, 0.25) is 0 Å². The van der Waals surface area contributed by atoms with Crippen molar-refractivity contribution in [1.82, 2.24) is 4.57 Å². The Hall–Kier alpha value is -0.630. The number of rotatable bonds is 2. The third kappa shape index (κ3) is 2.29. The third-order valence-corrected chi connectivity index (χ3v) is 4.49. The summed E-state index contributed by atoms with van der Waals surface area (Å²) >= 11 is 2.31. The third-order valence-electron chi connectivity index (χ3n) is 3.63. The molecular formula is C14H16INO3. The molecule has 1 aromatic heterocycles. The molecule has 0 unspecified atom stereocenters. The Kier molecular flexibility index (Phi) is 3.55. The summed E-state index contributed by atoms with van der Waals surface area (Å²) in [5, 5.41) is 20.2. The minimum absolute atomic E-state index is 0.146. The van der Waals surface area contributed by atoms with Crippen molar-refractivity contribution in [3.05, 3.63) is 33.5 Å². The maximum atomic E-state index is 9.84. The van der Waals surface area contributed by atoms with Crippen molar-refractivity contribution in [3.8, 4) is 0 Å². The smallest absolute Gasteiger partial charge is 0.137 e. The van der Waals surface area contributed by atoms with Gasteiger partial charge in [0, 0.05) is 21.6 Å². The highest BCUT2D eigenvalue weighted by atomic mass is 127. The summed E-state index contributed by atoms with van der Waals surface area (Å²) in [6.07, 6.45) is 1.27. The van der Waals surface area contributed by atoms with Crippen molar-refractivity contribution in [1.29, 1.82) is 0 Å². The van der Waals surface area contributed by atoms with E-state index in [4.69, 9.17) is 9.84 Å². The first-order chi connectivity index (χ1) is 9.10. The maximum Gasteiger partial charge on any atom is 0.137 e. The van der Waals surface area contributed by atoms with Gasteiger partial charge in [-0.1, -0.05) is 11.6 Å². The van der Waals surface area contributed by atoms with Crippen LogP contribution in [-0.2, 0) is 4.74 Å². The van der Waals surface area contributed by atoms with Gasteiger partial charge in [-0.2, -0.15) is 0 Å². The van der Waals surface area contributed by atoms with E-state index in [2.05, 4.69) is 52.3 Å². The lowest BCUT2D eigenvalue weighted by atomic mass is 10.2. The van der Waals surface area contributed by atoms with Gasteiger partial charge < -0.3 is 19.5 Å². The van der Waals surface area contributed by atoms with Crippen molar-refractivity contribution in [2.24, 2.45) is 0 Å². The first-order valence-corrected chi connectivity index (χ1v) is 7.39. The Bertz CT molecular complexity index is 610. The molecule has 102 valence electrons. The van der Waals surface area contributed by atoms with Crippen LogP contribution in [0.25, 0.3) is 10.9 Å². The van der Waals surface area contributed by atoms with Gasteiger partial charge in [0.25, 0.3) is 0 Å². The highest BCUT2D eigenvalue weighted by Crippen LogP contribution is 2.34. The van der Waals surface area contributed by atoms with Crippen molar-refractivity contribution in [3.63, 3.8) is 0 Å². The van der Waals surface area contributed by atoms with Gasteiger partial charge in [-0.3, -0.25) is 0 Å². The zero-order valence-corrected chi connectivity index (χ0v) is 12.7. The quantitative estimate of drug-likeness (QED) is 0.794. The Morgan fingerprint density at radius 1 is 1.47 bits per heavy atom. The molecule has 2 heterocycles. The Morgan fingerprint density at radius 2 is 2.26 bits per heavy atom. The van der Waals surface area contributed by atoms with Gasteiger partial charge in [0.2, 0.25) is 0 Å². The molecule has 1 aliphatic rings. The van der Waals surface area contributed by atoms with Crippen LogP contribution in [0.1, 0.15) is 18.2 Å². The van der Waals surface area contributed by atoms with E-state index < -0.39 is 12.2 Å². The highest BCUT2D eigenvalue weighted by Gasteiger charge is 2.34. The fraction of sp³-hybridized carbons (Fsp3) is 0.429. The summed E-state index contributed by atoms with van der Waals surface area (Å²) in [6, 6.07) is 6.31. The predicted octanol–water partition coefficient (Wildman–Crippen LogP) is 2.20. The van der Waals surface area contributed by atoms with E-state index in [0.29, 0.717) is 6.42 Å². The molecule has 0 spiro atoms. The molecule has 0 bridgehead atoms. The lowest BCUT2D eigenvalue weighted by Gasteiger charge is -2.15. The number of nitrogens with zero attached hydrogens (tertiary/aromatic N) is 1.